The fourth-order valence-electron chi connectivity index (χ4n) is 2.38. The van der Waals surface area contributed by atoms with Crippen LogP contribution < -0.4 is 5.73 Å². The lowest BCUT2D eigenvalue weighted by atomic mass is 9.99. The van der Waals surface area contributed by atoms with Crippen molar-refractivity contribution in [3.63, 3.8) is 0 Å². The second-order valence-corrected chi connectivity index (χ2v) is 4.96. The number of nitrogens with zero attached hydrogens (tertiary/aromatic N) is 1. The molecule has 1 fully saturated rings. The molecule has 0 amide bonds. The van der Waals surface area contributed by atoms with Gasteiger partial charge in [0.25, 0.3) is 0 Å². The van der Waals surface area contributed by atoms with Crippen LogP contribution in [-0.4, -0.2) is 23.2 Å². The van der Waals surface area contributed by atoms with Gasteiger partial charge < -0.3 is 15.5 Å². The molecule has 0 radical (unpaired) electrons. The molecular weight excluding hydrogens is 264 g/mol. The van der Waals surface area contributed by atoms with Gasteiger partial charge in [0.2, 0.25) is 0 Å². The van der Waals surface area contributed by atoms with E-state index < -0.39 is 11.6 Å². The second kappa shape index (κ2) is 5.30. The van der Waals surface area contributed by atoms with Gasteiger partial charge in [0.05, 0.1) is 24.5 Å². The van der Waals surface area contributed by atoms with Crippen LogP contribution in [0.1, 0.15) is 18.3 Å². The standard InChI is InChI=1S/C14H15F2N3O/c15-10-2-1-8(5-11(10)16)12-6-18-14(19-12)13(17)9-3-4-20-7-9/h1-2,5-6,9,13H,3-4,7,17H2,(H,18,19). The van der Waals surface area contributed by atoms with Crippen LogP contribution in [0.15, 0.2) is 24.4 Å². The van der Waals surface area contributed by atoms with E-state index in [0.717, 1.165) is 25.2 Å². The molecule has 0 saturated carbocycles. The molecule has 0 bridgehead atoms. The lowest BCUT2D eigenvalue weighted by molar-refractivity contribution is 0.180. The van der Waals surface area contributed by atoms with Crippen molar-refractivity contribution in [3.8, 4) is 11.3 Å². The van der Waals surface area contributed by atoms with Crippen molar-refractivity contribution in [3.05, 3.63) is 41.9 Å². The van der Waals surface area contributed by atoms with Gasteiger partial charge in [-0.05, 0) is 24.6 Å². The molecule has 3 N–H and O–H groups in total. The molecule has 2 heterocycles. The summed E-state index contributed by atoms with van der Waals surface area (Å²) in [5, 5.41) is 0. The van der Waals surface area contributed by atoms with E-state index in [4.69, 9.17) is 10.5 Å². The van der Waals surface area contributed by atoms with E-state index in [1.165, 1.54) is 6.07 Å². The summed E-state index contributed by atoms with van der Waals surface area (Å²) in [5.41, 5.74) is 7.30. The quantitative estimate of drug-likeness (QED) is 0.906. The Kier molecular flexibility index (Phi) is 3.50. The van der Waals surface area contributed by atoms with Crippen molar-refractivity contribution in [2.75, 3.05) is 13.2 Å². The fraction of sp³-hybridized carbons (Fsp3) is 0.357. The molecule has 3 rings (SSSR count). The molecule has 1 aromatic heterocycles. The third kappa shape index (κ3) is 2.44. The van der Waals surface area contributed by atoms with Gasteiger partial charge in [-0.25, -0.2) is 13.8 Å². The highest BCUT2D eigenvalue weighted by molar-refractivity contribution is 5.58. The van der Waals surface area contributed by atoms with E-state index in [2.05, 4.69) is 9.97 Å². The van der Waals surface area contributed by atoms with E-state index in [1.807, 2.05) is 0 Å². The molecule has 20 heavy (non-hydrogen) atoms. The number of hydrogen-bond acceptors (Lipinski definition) is 3. The third-order valence-electron chi connectivity index (χ3n) is 3.61. The van der Waals surface area contributed by atoms with Crippen LogP contribution in [0.3, 0.4) is 0 Å². The van der Waals surface area contributed by atoms with Crippen molar-refractivity contribution >= 4 is 0 Å². The first-order valence-electron chi connectivity index (χ1n) is 6.49. The average Bonchev–Trinajstić information content (AvgIpc) is 3.11. The van der Waals surface area contributed by atoms with Gasteiger partial charge in [0.15, 0.2) is 11.6 Å². The molecule has 1 aliphatic heterocycles. The number of hydrogen-bond donors (Lipinski definition) is 2. The Morgan fingerprint density at radius 2 is 2.20 bits per heavy atom. The third-order valence-corrected chi connectivity index (χ3v) is 3.61. The molecule has 4 nitrogen and oxygen atoms in total. The molecule has 0 aliphatic carbocycles. The van der Waals surface area contributed by atoms with E-state index in [0.29, 0.717) is 23.7 Å². The van der Waals surface area contributed by atoms with Gasteiger partial charge in [-0.15, -0.1) is 0 Å². The smallest absolute Gasteiger partial charge is 0.159 e. The normalized spacial score (nSPS) is 20.2. The first kappa shape index (κ1) is 13.2. The maximum absolute atomic E-state index is 13.2. The van der Waals surface area contributed by atoms with Crippen LogP contribution >= 0.6 is 0 Å². The highest BCUT2D eigenvalue weighted by Gasteiger charge is 2.26. The van der Waals surface area contributed by atoms with Crippen molar-refractivity contribution in [2.45, 2.75) is 12.5 Å². The molecule has 1 aromatic carbocycles. The summed E-state index contributed by atoms with van der Waals surface area (Å²) >= 11 is 0. The lowest BCUT2D eigenvalue weighted by Gasteiger charge is -2.14. The number of nitrogens with two attached hydrogens (primary N) is 1. The van der Waals surface area contributed by atoms with Crippen molar-refractivity contribution in [1.29, 1.82) is 0 Å². The molecule has 1 saturated heterocycles. The summed E-state index contributed by atoms with van der Waals surface area (Å²) < 4.78 is 31.5. The maximum Gasteiger partial charge on any atom is 0.159 e. The van der Waals surface area contributed by atoms with Gasteiger partial charge in [-0.3, -0.25) is 0 Å². The fourth-order valence-corrected chi connectivity index (χ4v) is 2.38. The Labute approximate surface area is 115 Å². The number of rotatable bonds is 3. The Balaban J connectivity index is 1.83. The Bertz CT molecular complexity index is 608. The zero-order valence-corrected chi connectivity index (χ0v) is 10.8. The molecule has 6 heteroatoms. The highest BCUT2D eigenvalue weighted by atomic mass is 19.2. The minimum atomic E-state index is -0.882. The number of ether oxygens (including phenoxy) is 1. The van der Waals surface area contributed by atoms with Crippen LogP contribution in [0.4, 0.5) is 8.78 Å². The first-order chi connectivity index (χ1) is 9.65. The minimum Gasteiger partial charge on any atom is -0.381 e. The number of halogens is 2. The average molecular weight is 279 g/mol. The first-order valence-corrected chi connectivity index (χ1v) is 6.49. The van der Waals surface area contributed by atoms with Gasteiger partial charge in [-0.1, -0.05) is 0 Å². The molecule has 2 aromatic rings. The number of nitrogens with one attached hydrogen (secondary N) is 1. The molecule has 1 aliphatic rings. The van der Waals surface area contributed by atoms with E-state index in [1.54, 1.807) is 6.20 Å². The number of imidazole rings is 1. The largest absolute Gasteiger partial charge is 0.381 e. The van der Waals surface area contributed by atoms with Crippen LogP contribution in [0.2, 0.25) is 0 Å². The summed E-state index contributed by atoms with van der Waals surface area (Å²) in [6.07, 6.45) is 2.49. The van der Waals surface area contributed by atoms with Crippen LogP contribution in [0.5, 0.6) is 0 Å². The van der Waals surface area contributed by atoms with E-state index in [9.17, 15) is 8.78 Å². The van der Waals surface area contributed by atoms with Gasteiger partial charge in [0.1, 0.15) is 5.82 Å². The second-order valence-electron chi connectivity index (χ2n) is 4.96. The van der Waals surface area contributed by atoms with Crippen LogP contribution in [0, 0.1) is 17.6 Å². The number of aromatic amines is 1. The topological polar surface area (TPSA) is 63.9 Å². The minimum absolute atomic E-state index is 0.235. The summed E-state index contributed by atoms with van der Waals surface area (Å²) in [5.74, 6) is -0.875. The maximum atomic E-state index is 13.2. The summed E-state index contributed by atoms with van der Waals surface area (Å²) in [6.45, 7) is 1.34. The summed E-state index contributed by atoms with van der Waals surface area (Å²) in [4.78, 5) is 7.31. The van der Waals surface area contributed by atoms with Crippen LogP contribution in [-0.2, 0) is 4.74 Å². The monoisotopic (exact) mass is 279 g/mol. The lowest BCUT2D eigenvalue weighted by Crippen LogP contribution is -2.22. The molecule has 2 atom stereocenters. The summed E-state index contributed by atoms with van der Waals surface area (Å²) in [6, 6.07) is 3.49. The van der Waals surface area contributed by atoms with E-state index >= 15 is 0 Å². The predicted molar refractivity (Wildman–Crippen MR) is 69.8 cm³/mol. The molecule has 2 unspecified atom stereocenters. The molecular formula is C14H15F2N3O. The number of benzene rings is 1. The van der Waals surface area contributed by atoms with E-state index in [-0.39, 0.29) is 12.0 Å². The number of aromatic nitrogens is 2. The van der Waals surface area contributed by atoms with Crippen molar-refractivity contribution in [2.24, 2.45) is 11.7 Å². The zero-order valence-electron chi connectivity index (χ0n) is 10.8. The Morgan fingerprint density at radius 1 is 1.35 bits per heavy atom. The highest BCUT2D eigenvalue weighted by Crippen LogP contribution is 2.27. The van der Waals surface area contributed by atoms with Crippen molar-refractivity contribution in [1.82, 2.24) is 9.97 Å². The van der Waals surface area contributed by atoms with Gasteiger partial charge in [0, 0.05) is 18.1 Å². The summed E-state index contributed by atoms with van der Waals surface area (Å²) in [7, 11) is 0. The van der Waals surface area contributed by atoms with Crippen molar-refractivity contribution < 1.29 is 13.5 Å². The van der Waals surface area contributed by atoms with Crippen LogP contribution in [0.25, 0.3) is 11.3 Å². The molecule has 106 valence electrons. The van der Waals surface area contributed by atoms with Gasteiger partial charge >= 0.3 is 0 Å². The zero-order chi connectivity index (χ0) is 14.1. The van der Waals surface area contributed by atoms with Gasteiger partial charge in [-0.2, -0.15) is 0 Å². The SMILES string of the molecule is NC(c1ncc(-c2ccc(F)c(F)c2)[nH]1)C1CCOC1. The molecule has 0 spiro atoms. The Morgan fingerprint density at radius 3 is 2.90 bits per heavy atom. The number of H-pyrrole nitrogens is 1. The predicted octanol–water partition coefficient (Wildman–Crippen LogP) is 2.39. The Hall–Kier alpha value is -1.79.